The van der Waals surface area contributed by atoms with Crippen LogP contribution in [0.15, 0.2) is 0 Å². The molecule has 0 atom stereocenters. The molecule has 0 aromatic rings. The van der Waals surface area contributed by atoms with Gasteiger partial charge >= 0.3 is 11.9 Å². The highest BCUT2D eigenvalue weighted by Gasteiger charge is 2.12. The van der Waals surface area contributed by atoms with E-state index in [-0.39, 0.29) is 25.1 Å². The summed E-state index contributed by atoms with van der Waals surface area (Å²) in [6, 6.07) is 0. The van der Waals surface area contributed by atoms with Gasteiger partial charge in [-0.05, 0) is 12.8 Å². The van der Waals surface area contributed by atoms with Crippen molar-refractivity contribution in [1.82, 2.24) is 4.72 Å². The third kappa shape index (κ3) is 9.76. The molecule has 8 heteroatoms. The van der Waals surface area contributed by atoms with Crippen molar-refractivity contribution in [2.45, 2.75) is 25.7 Å². The van der Waals surface area contributed by atoms with Crippen LogP contribution < -0.4 is 4.72 Å². The summed E-state index contributed by atoms with van der Waals surface area (Å²) in [6.45, 7) is 0.177. The van der Waals surface area contributed by atoms with Gasteiger partial charge in [0.05, 0.1) is 19.3 Å². The first-order chi connectivity index (χ1) is 7.87. The highest BCUT2D eigenvalue weighted by molar-refractivity contribution is 7.89. The van der Waals surface area contributed by atoms with E-state index in [2.05, 4.69) is 9.46 Å². The number of hydrogen-bond acceptors (Lipinski definition) is 5. The van der Waals surface area contributed by atoms with E-state index in [1.54, 1.807) is 0 Å². The van der Waals surface area contributed by atoms with E-state index in [4.69, 9.17) is 5.11 Å². The fraction of sp³-hybridized carbons (Fsp3) is 0.778. The first kappa shape index (κ1) is 15.9. The van der Waals surface area contributed by atoms with Crippen molar-refractivity contribution in [2.75, 3.05) is 19.4 Å². The monoisotopic (exact) mass is 267 g/mol. The molecule has 0 aromatic heterocycles. The molecule has 0 saturated heterocycles. The van der Waals surface area contributed by atoms with Gasteiger partial charge in [0.2, 0.25) is 10.0 Å². The number of unbranched alkanes of at least 4 members (excludes halogenated alkanes) is 1. The van der Waals surface area contributed by atoms with Crippen molar-refractivity contribution >= 4 is 22.0 Å². The molecule has 0 fully saturated rings. The minimum absolute atomic E-state index is 0.0177. The Labute approximate surface area is 100 Å². The van der Waals surface area contributed by atoms with E-state index < -0.39 is 22.0 Å². The smallest absolute Gasteiger partial charge is 0.306 e. The first-order valence-corrected chi connectivity index (χ1v) is 6.78. The molecule has 0 aliphatic carbocycles. The van der Waals surface area contributed by atoms with Gasteiger partial charge < -0.3 is 9.84 Å². The van der Waals surface area contributed by atoms with Gasteiger partial charge in [0.15, 0.2) is 0 Å². The Morgan fingerprint density at radius 2 is 1.88 bits per heavy atom. The summed E-state index contributed by atoms with van der Waals surface area (Å²) < 4.78 is 29.2. The van der Waals surface area contributed by atoms with Crippen LogP contribution in [-0.2, 0) is 24.3 Å². The van der Waals surface area contributed by atoms with Gasteiger partial charge in [-0.2, -0.15) is 0 Å². The van der Waals surface area contributed by atoms with Crippen LogP contribution in [0.4, 0.5) is 0 Å². The highest BCUT2D eigenvalue weighted by Crippen LogP contribution is 1.96. The van der Waals surface area contributed by atoms with E-state index in [0.29, 0.717) is 12.8 Å². The molecule has 0 aliphatic heterocycles. The number of carbonyl (C=O) groups excluding carboxylic acids is 1. The third-order valence-electron chi connectivity index (χ3n) is 1.94. The van der Waals surface area contributed by atoms with Crippen molar-refractivity contribution in [3.05, 3.63) is 0 Å². The van der Waals surface area contributed by atoms with Crippen LogP contribution in [-0.4, -0.2) is 44.9 Å². The van der Waals surface area contributed by atoms with Crippen LogP contribution in [0.1, 0.15) is 25.7 Å². The van der Waals surface area contributed by atoms with Crippen LogP contribution in [0.5, 0.6) is 0 Å². The van der Waals surface area contributed by atoms with Crippen molar-refractivity contribution in [3.63, 3.8) is 0 Å². The fourth-order valence-corrected chi connectivity index (χ4v) is 2.06. The second-order valence-corrected chi connectivity index (χ2v) is 5.32. The molecule has 0 saturated carbocycles. The number of nitrogens with one attached hydrogen (secondary N) is 1. The summed E-state index contributed by atoms with van der Waals surface area (Å²) in [5, 5.41) is 8.36. The lowest BCUT2D eigenvalue weighted by Crippen LogP contribution is -2.28. The molecule has 0 unspecified atom stereocenters. The second kappa shape index (κ2) is 8.02. The average molecular weight is 267 g/mol. The van der Waals surface area contributed by atoms with Crippen LogP contribution in [0.3, 0.4) is 0 Å². The molecule has 0 bridgehead atoms. The molecular formula is C9H17NO6S. The van der Waals surface area contributed by atoms with E-state index in [1.807, 2.05) is 0 Å². The lowest BCUT2D eigenvalue weighted by atomic mass is 10.2. The fourth-order valence-electron chi connectivity index (χ4n) is 1.02. The molecule has 2 N–H and O–H groups in total. The van der Waals surface area contributed by atoms with Gasteiger partial charge in [-0.3, -0.25) is 9.59 Å². The molecule has 7 nitrogen and oxygen atoms in total. The number of carboxylic acids is 1. The molecule has 0 aliphatic rings. The van der Waals surface area contributed by atoms with Gasteiger partial charge in [-0.1, -0.05) is 0 Å². The Balaban J connectivity index is 3.71. The predicted molar refractivity (Wildman–Crippen MR) is 59.9 cm³/mol. The zero-order valence-corrected chi connectivity index (χ0v) is 10.5. The van der Waals surface area contributed by atoms with Gasteiger partial charge in [0, 0.05) is 13.0 Å². The number of carbonyl (C=O) groups is 2. The summed E-state index contributed by atoms with van der Waals surface area (Å²) in [4.78, 5) is 20.9. The number of carboxylic acid groups (broad SMARTS) is 1. The Bertz CT molecular complexity index is 350. The lowest BCUT2D eigenvalue weighted by molar-refractivity contribution is -0.140. The number of sulfonamides is 1. The van der Waals surface area contributed by atoms with Crippen LogP contribution in [0.2, 0.25) is 0 Å². The Morgan fingerprint density at radius 1 is 1.24 bits per heavy atom. The van der Waals surface area contributed by atoms with Gasteiger partial charge in [0.25, 0.3) is 0 Å². The minimum atomic E-state index is -3.49. The maximum atomic E-state index is 11.3. The second-order valence-electron chi connectivity index (χ2n) is 3.39. The Kier molecular flexibility index (Phi) is 7.47. The molecule has 0 aromatic carbocycles. The largest absolute Gasteiger partial charge is 0.481 e. The average Bonchev–Trinajstić information content (AvgIpc) is 2.25. The number of ether oxygens (including phenoxy) is 1. The molecular weight excluding hydrogens is 250 g/mol. The molecule has 0 radical (unpaired) electrons. The first-order valence-electron chi connectivity index (χ1n) is 5.13. The zero-order chi connectivity index (χ0) is 13.3. The van der Waals surface area contributed by atoms with E-state index in [0.717, 1.165) is 0 Å². The Morgan fingerprint density at radius 3 is 2.41 bits per heavy atom. The van der Waals surface area contributed by atoms with Crippen LogP contribution in [0, 0.1) is 0 Å². The number of hydrogen-bond donors (Lipinski definition) is 2. The molecule has 0 spiro atoms. The van der Waals surface area contributed by atoms with E-state index >= 15 is 0 Å². The molecule has 0 rings (SSSR count). The van der Waals surface area contributed by atoms with Crippen molar-refractivity contribution in [3.8, 4) is 0 Å². The quantitative estimate of drug-likeness (QED) is 0.439. The summed E-state index contributed by atoms with van der Waals surface area (Å²) in [7, 11) is -2.30. The van der Waals surface area contributed by atoms with Crippen molar-refractivity contribution < 1.29 is 27.9 Å². The summed E-state index contributed by atoms with van der Waals surface area (Å²) in [5.41, 5.74) is 0. The standard InChI is InChI=1S/C9H17NO6S/c1-16-9(13)5-7-17(14,15)10-6-3-2-4-8(11)12/h10H,2-7H2,1H3,(H,11,12). The SMILES string of the molecule is COC(=O)CCS(=O)(=O)NCCCCC(=O)O. The highest BCUT2D eigenvalue weighted by atomic mass is 32.2. The number of esters is 1. The molecule has 0 amide bonds. The van der Waals surface area contributed by atoms with Gasteiger partial charge in [-0.15, -0.1) is 0 Å². The number of aliphatic carboxylic acids is 1. The molecule has 100 valence electrons. The normalized spacial score (nSPS) is 11.1. The maximum Gasteiger partial charge on any atom is 0.306 e. The van der Waals surface area contributed by atoms with Crippen molar-refractivity contribution in [1.29, 1.82) is 0 Å². The van der Waals surface area contributed by atoms with Crippen molar-refractivity contribution in [2.24, 2.45) is 0 Å². The third-order valence-corrected chi connectivity index (χ3v) is 3.33. The topological polar surface area (TPSA) is 110 Å². The maximum absolute atomic E-state index is 11.3. The Hall–Kier alpha value is -1.15. The van der Waals surface area contributed by atoms with E-state index in [9.17, 15) is 18.0 Å². The number of methoxy groups -OCH3 is 1. The zero-order valence-electron chi connectivity index (χ0n) is 9.64. The lowest BCUT2D eigenvalue weighted by Gasteiger charge is -2.05. The van der Waals surface area contributed by atoms with Gasteiger partial charge in [0.1, 0.15) is 0 Å². The van der Waals surface area contributed by atoms with Crippen LogP contribution >= 0.6 is 0 Å². The molecule has 17 heavy (non-hydrogen) atoms. The van der Waals surface area contributed by atoms with E-state index in [1.165, 1.54) is 7.11 Å². The summed E-state index contributed by atoms with van der Waals surface area (Å²) in [5.74, 6) is -1.81. The summed E-state index contributed by atoms with van der Waals surface area (Å²) in [6.07, 6.45) is 0.684. The predicted octanol–water partition coefficient (Wildman–Crippen LogP) is -0.276. The minimum Gasteiger partial charge on any atom is -0.481 e. The van der Waals surface area contributed by atoms with Crippen LogP contribution in [0.25, 0.3) is 0 Å². The molecule has 0 heterocycles. The summed E-state index contributed by atoms with van der Waals surface area (Å²) >= 11 is 0. The van der Waals surface area contributed by atoms with Gasteiger partial charge in [-0.25, -0.2) is 13.1 Å². The number of rotatable bonds is 9.